The van der Waals surface area contributed by atoms with Gasteiger partial charge >= 0.3 is 6.09 Å². The van der Waals surface area contributed by atoms with Crippen molar-refractivity contribution in [1.82, 2.24) is 9.99 Å². The molecule has 1 heterocycles. The van der Waals surface area contributed by atoms with Crippen molar-refractivity contribution < 1.29 is 14.3 Å². The number of nitrogens with zero attached hydrogens (tertiary/aromatic N) is 3. The van der Waals surface area contributed by atoms with Gasteiger partial charge in [-0.15, -0.1) is 4.91 Å². The molecule has 0 saturated carbocycles. The van der Waals surface area contributed by atoms with Crippen LogP contribution >= 0.6 is 0 Å². The molecule has 1 unspecified atom stereocenters. The lowest BCUT2D eigenvalue weighted by Gasteiger charge is -2.23. The zero-order chi connectivity index (χ0) is 14.1. The maximum atomic E-state index is 11.7. The van der Waals surface area contributed by atoms with Gasteiger partial charge in [0.05, 0.1) is 17.9 Å². The number of hydrogen-bond donors (Lipinski definition) is 0. The second-order valence-corrected chi connectivity index (χ2v) is 3.67. The summed E-state index contributed by atoms with van der Waals surface area (Å²) in [5, 5.41) is 3.40. The first-order valence-electron chi connectivity index (χ1n) is 5.87. The molecule has 0 N–H and O–H groups in total. The predicted octanol–water partition coefficient (Wildman–Crippen LogP) is 2.24. The number of carbonyl (C=O) groups is 2. The van der Waals surface area contributed by atoms with Crippen molar-refractivity contribution >= 4 is 12.4 Å². The molecule has 1 rings (SSSR count). The van der Waals surface area contributed by atoms with Crippen molar-refractivity contribution in [2.45, 2.75) is 25.8 Å². The molecule has 1 atom stereocenters. The van der Waals surface area contributed by atoms with Crippen LogP contribution in [0.1, 0.15) is 31.4 Å². The fourth-order valence-electron chi connectivity index (χ4n) is 1.64. The average Bonchev–Trinajstić information content (AvgIpc) is 2.44. The minimum atomic E-state index is -0.836. The third-order valence-electron chi connectivity index (χ3n) is 2.47. The van der Waals surface area contributed by atoms with Crippen molar-refractivity contribution in [3.63, 3.8) is 0 Å². The van der Waals surface area contributed by atoms with Crippen molar-refractivity contribution in [1.29, 1.82) is 0 Å². The second kappa shape index (κ2) is 7.91. The normalized spacial score (nSPS) is 11.4. The van der Waals surface area contributed by atoms with Crippen LogP contribution in [0, 0.1) is 4.91 Å². The second-order valence-electron chi connectivity index (χ2n) is 3.67. The largest absolute Gasteiger partial charge is 0.448 e. The molecule has 1 aromatic heterocycles. The number of nitroso groups, excluding NO2 is 1. The Labute approximate surface area is 110 Å². The maximum Gasteiger partial charge on any atom is 0.433 e. The van der Waals surface area contributed by atoms with Gasteiger partial charge in [-0.3, -0.25) is 4.98 Å². The summed E-state index contributed by atoms with van der Waals surface area (Å²) in [5.74, 6) is 0. The number of aldehydes is 1. The van der Waals surface area contributed by atoms with Crippen LogP contribution in [0.5, 0.6) is 0 Å². The van der Waals surface area contributed by atoms with Crippen LogP contribution < -0.4 is 0 Å². The van der Waals surface area contributed by atoms with Gasteiger partial charge in [0.1, 0.15) is 6.29 Å². The molecular weight excluding hydrogens is 250 g/mol. The van der Waals surface area contributed by atoms with E-state index in [4.69, 9.17) is 4.74 Å². The van der Waals surface area contributed by atoms with Crippen molar-refractivity contribution in [3.05, 3.63) is 35.0 Å². The van der Waals surface area contributed by atoms with Gasteiger partial charge in [-0.1, -0.05) is 6.07 Å². The average molecular weight is 265 g/mol. The first kappa shape index (κ1) is 14.7. The van der Waals surface area contributed by atoms with E-state index in [1.165, 1.54) is 6.20 Å². The van der Waals surface area contributed by atoms with Gasteiger partial charge in [0.15, 0.2) is 0 Å². The van der Waals surface area contributed by atoms with Gasteiger partial charge in [0, 0.05) is 18.8 Å². The lowest BCUT2D eigenvalue weighted by atomic mass is 10.0. The van der Waals surface area contributed by atoms with Crippen molar-refractivity contribution in [3.8, 4) is 0 Å². The van der Waals surface area contributed by atoms with Gasteiger partial charge in [-0.25, -0.2) is 4.79 Å². The molecule has 0 aromatic carbocycles. The molecule has 0 aliphatic carbocycles. The summed E-state index contributed by atoms with van der Waals surface area (Å²) in [6.45, 7) is 1.77. The summed E-state index contributed by atoms with van der Waals surface area (Å²) in [7, 11) is 0. The fourth-order valence-corrected chi connectivity index (χ4v) is 1.64. The molecule has 0 spiro atoms. The van der Waals surface area contributed by atoms with Crippen LogP contribution in [-0.2, 0) is 9.53 Å². The zero-order valence-corrected chi connectivity index (χ0v) is 10.6. The predicted molar refractivity (Wildman–Crippen MR) is 66.9 cm³/mol. The molecule has 0 aliphatic heterocycles. The van der Waals surface area contributed by atoms with Gasteiger partial charge in [-0.05, 0) is 25.0 Å². The van der Waals surface area contributed by atoms with Crippen LogP contribution in [0.4, 0.5) is 4.79 Å². The van der Waals surface area contributed by atoms with Crippen LogP contribution in [0.2, 0.25) is 0 Å². The molecule has 0 saturated heterocycles. The lowest BCUT2D eigenvalue weighted by molar-refractivity contribution is -0.108. The third kappa shape index (κ3) is 4.13. The molecule has 7 heteroatoms. The standard InChI is InChI=1S/C12H15N3O4/c1-2-19-12(17)15(14-18)11(6-4-8-16)10-5-3-7-13-9-10/h3,5,7-9,11H,2,4,6H2,1H3. The van der Waals surface area contributed by atoms with Crippen LogP contribution in [-0.4, -0.2) is 29.0 Å². The summed E-state index contributed by atoms with van der Waals surface area (Å²) in [6, 6.07) is 2.73. The lowest BCUT2D eigenvalue weighted by Crippen LogP contribution is -2.30. The fraction of sp³-hybridized carbons (Fsp3) is 0.417. The Morgan fingerprint density at radius 1 is 1.63 bits per heavy atom. The SMILES string of the molecule is CCOC(=O)N(N=O)C(CCC=O)c1cccnc1. The van der Waals surface area contributed by atoms with E-state index in [0.717, 1.165) is 6.29 Å². The Balaban J connectivity index is 2.97. The Morgan fingerprint density at radius 2 is 2.42 bits per heavy atom. The number of pyridine rings is 1. The van der Waals surface area contributed by atoms with Crippen molar-refractivity contribution in [2.24, 2.45) is 5.29 Å². The van der Waals surface area contributed by atoms with Crippen LogP contribution in [0.25, 0.3) is 0 Å². The number of aromatic nitrogens is 1. The highest BCUT2D eigenvalue weighted by molar-refractivity contribution is 5.68. The molecule has 0 aliphatic rings. The summed E-state index contributed by atoms with van der Waals surface area (Å²) in [4.78, 5) is 36.9. The molecule has 0 radical (unpaired) electrons. The summed E-state index contributed by atoms with van der Waals surface area (Å²) < 4.78 is 4.76. The Morgan fingerprint density at radius 3 is 2.95 bits per heavy atom. The number of rotatable bonds is 7. The molecule has 1 amide bonds. The highest BCUT2D eigenvalue weighted by Gasteiger charge is 2.27. The molecule has 102 valence electrons. The van der Waals surface area contributed by atoms with Crippen LogP contribution in [0.3, 0.4) is 0 Å². The minimum Gasteiger partial charge on any atom is -0.448 e. The molecule has 19 heavy (non-hydrogen) atoms. The molecule has 1 aromatic rings. The number of carbonyl (C=O) groups excluding carboxylic acids is 2. The van der Waals surface area contributed by atoms with E-state index in [0.29, 0.717) is 10.6 Å². The number of ether oxygens (including phenoxy) is 1. The Hall–Kier alpha value is -2.31. The highest BCUT2D eigenvalue weighted by Crippen LogP contribution is 2.25. The van der Waals surface area contributed by atoms with E-state index in [-0.39, 0.29) is 19.4 Å². The number of hydrogen-bond acceptors (Lipinski definition) is 6. The third-order valence-corrected chi connectivity index (χ3v) is 2.47. The summed E-state index contributed by atoms with van der Waals surface area (Å²) in [6.07, 6.45) is 3.45. The maximum absolute atomic E-state index is 11.7. The van der Waals surface area contributed by atoms with E-state index >= 15 is 0 Å². The minimum absolute atomic E-state index is 0.137. The van der Waals surface area contributed by atoms with E-state index in [2.05, 4.69) is 10.3 Å². The topological polar surface area (TPSA) is 88.9 Å². The quantitative estimate of drug-likeness (QED) is 0.428. The van der Waals surface area contributed by atoms with Gasteiger partial charge in [0.2, 0.25) is 0 Å². The van der Waals surface area contributed by atoms with E-state index in [1.54, 1.807) is 25.3 Å². The van der Waals surface area contributed by atoms with Gasteiger partial charge in [-0.2, -0.15) is 5.01 Å². The highest BCUT2D eigenvalue weighted by atomic mass is 16.6. The van der Waals surface area contributed by atoms with E-state index in [9.17, 15) is 14.5 Å². The molecule has 0 bridgehead atoms. The molecular formula is C12H15N3O4. The van der Waals surface area contributed by atoms with Crippen LogP contribution in [0.15, 0.2) is 29.8 Å². The molecule has 7 nitrogen and oxygen atoms in total. The first-order chi connectivity index (χ1) is 9.24. The zero-order valence-electron chi connectivity index (χ0n) is 10.6. The first-order valence-corrected chi connectivity index (χ1v) is 5.87. The monoisotopic (exact) mass is 265 g/mol. The molecule has 0 fully saturated rings. The van der Waals surface area contributed by atoms with Gasteiger partial charge < -0.3 is 9.53 Å². The Kier molecular flexibility index (Phi) is 6.14. The number of amides is 1. The smallest absolute Gasteiger partial charge is 0.433 e. The van der Waals surface area contributed by atoms with Gasteiger partial charge in [0.25, 0.3) is 0 Å². The summed E-state index contributed by atoms with van der Waals surface area (Å²) in [5.41, 5.74) is 0.622. The Bertz CT molecular complexity index is 424. The summed E-state index contributed by atoms with van der Waals surface area (Å²) >= 11 is 0. The van der Waals surface area contributed by atoms with E-state index in [1.807, 2.05) is 0 Å². The van der Waals surface area contributed by atoms with E-state index < -0.39 is 12.1 Å². The van der Waals surface area contributed by atoms with Crippen molar-refractivity contribution in [2.75, 3.05) is 6.61 Å².